The van der Waals surface area contributed by atoms with Crippen LogP contribution in [0, 0.1) is 0 Å². The van der Waals surface area contributed by atoms with Crippen LogP contribution in [0.25, 0.3) is 0 Å². The van der Waals surface area contributed by atoms with Gasteiger partial charge in [0.25, 0.3) is 11.8 Å². The van der Waals surface area contributed by atoms with Crippen molar-refractivity contribution in [1.29, 1.82) is 0 Å². The zero-order chi connectivity index (χ0) is 15.0. The SMILES string of the molecule is Nc1cc2c(cc1NC(=O)c1csc(Br)c1)NC(=O)CO2. The van der Waals surface area contributed by atoms with Crippen LogP contribution in [0.4, 0.5) is 17.1 Å². The Bertz CT molecular complexity index is 744. The smallest absolute Gasteiger partial charge is 0.262 e. The van der Waals surface area contributed by atoms with Crippen LogP contribution >= 0.6 is 27.3 Å². The molecule has 6 nitrogen and oxygen atoms in total. The first-order valence-electron chi connectivity index (χ1n) is 5.94. The monoisotopic (exact) mass is 367 g/mol. The van der Waals surface area contributed by atoms with Gasteiger partial charge in [0, 0.05) is 11.4 Å². The van der Waals surface area contributed by atoms with Gasteiger partial charge >= 0.3 is 0 Å². The normalized spacial score (nSPS) is 13.1. The van der Waals surface area contributed by atoms with Crippen molar-refractivity contribution in [3.05, 3.63) is 32.9 Å². The molecular weight excluding hydrogens is 358 g/mol. The quantitative estimate of drug-likeness (QED) is 0.711. The van der Waals surface area contributed by atoms with E-state index in [1.54, 1.807) is 23.6 Å². The predicted octanol–water partition coefficient (Wildman–Crippen LogP) is 2.68. The van der Waals surface area contributed by atoms with Crippen LogP contribution in [-0.4, -0.2) is 18.4 Å². The molecule has 2 heterocycles. The highest BCUT2D eigenvalue weighted by atomic mass is 79.9. The average molecular weight is 368 g/mol. The van der Waals surface area contributed by atoms with Crippen LogP contribution in [0.2, 0.25) is 0 Å². The first-order chi connectivity index (χ1) is 10.0. The molecule has 3 rings (SSSR count). The average Bonchev–Trinajstić information content (AvgIpc) is 2.87. The van der Waals surface area contributed by atoms with Crippen molar-refractivity contribution in [1.82, 2.24) is 0 Å². The zero-order valence-electron chi connectivity index (χ0n) is 10.6. The summed E-state index contributed by atoms with van der Waals surface area (Å²) in [6, 6.07) is 4.88. The Hall–Kier alpha value is -2.06. The van der Waals surface area contributed by atoms with Crippen molar-refractivity contribution in [2.75, 3.05) is 23.0 Å². The minimum atomic E-state index is -0.272. The summed E-state index contributed by atoms with van der Waals surface area (Å²) in [6.45, 7) is -0.0406. The number of benzene rings is 1. The van der Waals surface area contributed by atoms with Crippen LogP contribution in [0.1, 0.15) is 10.4 Å². The summed E-state index contributed by atoms with van der Waals surface area (Å²) in [6.07, 6.45) is 0. The van der Waals surface area contributed by atoms with E-state index in [2.05, 4.69) is 26.6 Å². The van der Waals surface area contributed by atoms with E-state index in [1.807, 2.05) is 0 Å². The largest absolute Gasteiger partial charge is 0.482 e. The summed E-state index contributed by atoms with van der Waals surface area (Å²) in [5.41, 5.74) is 7.71. The molecule has 0 aliphatic carbocycles. The van der Waals surface area contributed by atoms with Crippen molar-refractivity contribution in [3.8, 4) is 5.75 Å². The highest BCUT2D eigenvalue weighted by Crippen LogP contribution is 2.35. The summed E-state index contributed by atoms with van der Waals surface area (Å²) in [5.74, 6) is -0.0265. The second-order valence-corrected chi connectivity index (χ2v) is 6.66. The molecule has 0 fully saturated rings. The van der Waals surface area contributed by atoms with E-state index in [9.17, 15) is 9.59 Å². The van der Waals surface area contributed by atoms with Crippen molar-refractivity contribution >= 4 is 56.1 Å². The number of carbonyl (C=O) groups excluding carboxylic acids is 2. The van der Waals surface area contributed by atoms with E-state index >= 15 is 0 Å². The summed E-state index contributed by atoms with van der Waals surface area (Å²) >= 11 is 4.72. The number of fused-ring (bicyclic) bond motifs is 1. The molecule has 1 aliphatic rings. The molecule has 2 amide bonds. The number of anilines is 3. The Kier molecular flexibility index (Phi) is 3.56. The number of amides is 2. The van der Waals surface area contributed by atoms with Gasteiger partial charge in [0.15, 0.2) is 6.61 Å². The standard InChI is InChI=1S/C13H10BrN3O3S/c14-11-1-6(5-21-11)13(19)17-8-3-9-10(2-7(8)15)20-4-12(18)16-9/h1-3,5H,4,15H2,(H,16,18)(H,17,19). The zero-order valence-corrected chi connectivity index (χ0v) is 13.0. The molecule has 0 spiro atoms. The molecule has 2 aromatic rings. The van der Waals surface area contributed by atoms with Gasteiger partial charge in [0.1, 0.15) is 5.75 Å². The number of hydrogen-bond donors (Lipinski definition) is 3. The molecule has 0 saturated carbocycles. The lowest BCUT2D eigenvalue weighted by Gasteiger charge is -2.20. The maximum absolute atomic E-state index is 12.1. The molecule has 1 aliphatic heterocycles. The lowest BCUT2D eigenvalue weighted by molar-refractivity contribution is -0.118. The minimum absolute atomic E-state index is 0.0406. The van der Waals surface area contributed by atoms with E-state index in [0.29, 0.717) is 28.4 Å². The third-order valence-electron chi connectivity index (χ3n) is 2.86. The van der Waals surface area contributed by atoms with Crippen LogP contribution in [0.5, 0.6) is 5.75 Å². The first-order valence-corrected chi connectivity index (χ1v) is 7.62. The summed E-state index contributed by atoms with van der Waals surface area (Å²) in [7, 11) is 0. The van der Waals surface area contributed by atoms with Gasteiger partial charge in [0.2, 0.25) is 0 Å². The molecule has 108 valence electrons. The molecule has 0 unspecified atom stereocenters. The van der Waals surface area contributed by atoms with Gasteiger partial charge < -0.3 is 21.1 Å². The lowest BCUT2D eigenvalue weighted by Crippen LogP contribution is -2.25. The predicted molar refractivity (Wildman–Crippen MR) is 85.0 cm³/mol. The number of thiophene rings is 1. The molecular formula is C13H10BrN3O3S. The molecule has 8 heteroatoms. The van der Waals surface area contributed by atoms with E-state index < -0.39 is 0 Å². The third kappa shape index (κ3) is 2.86. The number of halogens is 1. The van der Waals surface area contributed by atoms with Gasteiger partial charge in [-0.1, -0.05) is 0 Å². The molecule has 1 aromatic heterocycles. The molecule has 0 atom stereocenters. The number of nitrogens with one attached hydrogen (secondary N) is 2. The Morgan fingerprint density at radius 3 is 2.95 bits per heavy atom. The molecule has 1 aromatic carbocycles. The van der Waals surface area contributed by atoms with Gasteiger partial charge in [-0.05, 0) is 28.1 Å². The van der Waals surface area contributed by atoms with E-state index in [0.717, 1.165) is 3.79 Å². The van der Waals surface area contributed by atoms with Crippen LogP contribution in [0.3, 0.4) is 0 Å². The van der Waals surface area contributed by atoms with Crippen molar-refractivity contribution in [2.45, 2.75) is 0 Å². The number of nitrogen functional groups attached to an aromatic ring is 1. The van der Waals surface area contributed by atoms with Gasteiger partial charge in [-0.3, -0.25) is 9.59 Å². The maximum atomic E-state index is 12.1. The Balaban J connectivity index is 1.87. The van der Waals surface area contributed by atoms with Crippen molar-refractivity contribution in [3.63, 3.8) is 0 Å². The fourth-order valence-electron chi connectivity index (χ4n) is 1.87. The second kappa shape index (κ2) is 5.38. The first kappa shape index (κ1) is 13.9. The fraction of sp³-hybridized carbons (Fsp3) is 0.0769. The molecule has 4 N–H and O–H groups in total. The molecule has 21 heavy (non-hydrogen) atoms. The molecule has 0 bridgehead atoms. The third-order valence-corrected chi connectivity index (χ3v) is 4.37. The summed E-state index contributed by atoms with van der Waals surface area (Å²) < 4.78 is 6.12. The lowest BCUT2D eigenvalue weighted by atomic mass is 10.2. The summed E-state index contributed by atoms with van der Waals surface area (Å²) in [4.78, 5) is 23.4. The van der Waals surface area contributed by atoms with Crippen LogP contribution < -0.4 is 21.1 Å². The van der Waals surface area contributed by atoms with Crippen LogP contribution in [-0.2, 0) is 4.79 Å². The number of nitrogens with two attached hydrogens (primary N) is 1. The van der Waals surface area contributed by atoms with E-state index in [4.69, 9.17) is 10.5 Å². The molecule has 0 radical (unpaired) electrons. The maximum Gasteiger partial charge on any atom is 0.262 e. The minimum Gasteiger partial charge on any atom is -0.482 e. The number of hydrogen-bond acceptors (Lipinski definition) is 5. The van der Waals surface area contributed by atoms with Gasteiger partial charge in [0.05, 0.1) is 26.4 Å². The Morgan fingerprint density at radius 1 is 1.43 bits per heavy atom. The van der Waals surface area contributed by atoms with Gasteiger partial charge in [-0.25, -0.2) is 0 Å². The molecule has 0 saturated heterocycles. The topological polar surface area (TPSA) is 93.5 Å². The fourth-order valence-corrected chi connectivity index (χ4v) is 3.01. The van der Waals surface area contributed by atoms with Gasteiger partial charge in [-0.15, -0.1) is 11.3 Å². The van der Waals surface area contributed by atoms with E-state index in [1.165, 1.54) is 11.3 Å². The number of rotatable bonds is 2. The highest BCUT2D eigenvalue weighted by molar-refractivity contribution is 9.11. The Labute approximate surface area is 132 Å². The second-order valence-electron chi connectivity index (χ2n) is 4.37. The van der Waals surface area contributed by atoms with E-state index in [-0.39, 0.29) is 18.4 Å². The number of carbonyl (C=O) groups is 2. The van der Waals surface area contributed by atoms with Crippen molar-refractivity contribution < 1.29 is 14.3 Å². The highest BCUT2D eigenvalue weighted by Gasteiger charge is 2.19. The van der Waals surface area contributed by atoms with Crippen LogP contribution in [0.15, 0.2) is 27.4 Å². The van der Waals surface area contributed by atoms with Crippen molar-refractivity contribution in [2.24, 2.45) is 0 Å². The summed E-state index contributed by atoms with van der Waals surface area (Å²) in [5, 5.41) is 7.12. The number of ether oxygens (including phenoxy) is 1. The van der Waals surface area contributed by atoms with Gasteiger partial charge in [-0.2, -0.15) is 0 Å². The Morgan fingerprint density at radius 2 is 2.24 bits per heavy atom.